The topological polar surface area (TPSA) is 52.3 Å². The van der Waals surface area contributed by atoms with Gasteiger partial charge in [0.05, 0.1) is 15.7 Å². The number of anilines is 1. The van der Waals surface area contributed by atoms with E-state index in [4.69, 9.17) is 10.5 Å². The lowest BCUT2D eigenvalue weighted by Gasteiger charge is -2.21. The summed E-state index contributed by atoms with van der Waals surface area (Å²) in [7, 11) is -0.983. The number of hydrogen-bond donors (Lipinski definition) is 1. The van der Waals surface area contributed by atoms with E-state index in [-0.39, 0.29) is 0 Å². The maximum atomic E-state index is 12.3. The smallest absolute Gasteiger partial charge is 0.0620 e. The molecule has 0 radical (unpaired) electrons. The maximum Gasteiger partial charge on any atom is 0.0620 e. The summed E-state index contributed by atoms with van der Waals surface area (Å²) < 4.78 is 17.6. The van der Waals surface area contributed by atoms with Crippen LogP contribution in [0.5, 0.6) is 0 Å². The van der Waals surface area contributed by atoms with E-state index in [0.717, 1.165) is 36.5 Å². The molecule has 0 amide bonds. The van der Waals surface area contributed by atoms with Gasteiger partial charge in [-0.05, 0) is 43.4 Å². The quantitative estimate of drug-likeness (QED) is 0.839. The highest BCUT2D eigenvalue weighted by molar-refractivity contribution is 7.85. The first-order valence-corrected chi connectivity index (χ1v) is 7.31. The molecule has 2 N–H and O–H groups in total. The van der Waals surface area contributed by atoms with Crippen LogP contribution in [0.3, 0.4) is 0 Å². The van der Waals surface area contributed by atoms with Gasteiger partial charge >= 0.3 is 0 Å². The summed E-state index contributed by atoms with van der Waals surface area (Å²) in [5.41, 5.74) is 7.62. The van der Waals surface area contributed by atoms with Crippen LogP contribution in [0.1, 0.15) is 18.4 Å². The molecule has 4 heteroatoms. The third kappa shape index (κ3) is 3.30. The largest absolute Gasteiger partial charge is 0.398 e. The molecule has 17 heavy (non-hydrogen) atoms. The zero-order chi connectivity index (χ0) is 12.3. The molecule has 1 aliphatic rings. The lowest BCUT2D eigenvalue weighted by Crippen LogP contribution is -2.21. The molecule has 1 unspecified atom stereocenters. The Morgan fingerprint density at radius 3 is 2.82 bits per heavy atom. The van der Waals surface area contributed by atoms with E-state index in [2.05, 4.69) is 0 Å². The Bertz CT molecular complexity index is 414. The van der Waals surface area contributed by atoms with Crippen LogP contribution in [0.25, 0.3) is 0 Å². The van der Waals surface area contributed by atoms with Gasteiger partial charge in [0.2, 0.25) is 0 Å². The first kappa shape index (κ1) is 12.6. The normalized spacial score (nSPS) is 19.1. The monoisotopic (exact) mass is 253 g/mol. The molecule has 3 nitrogen and oxygen atoms in total. The van der Waals surface area contributed by atoms with E-state index >= 15 is 0 Å². The second-order valence-electron chi connectivity index (χ2n) is 4.61. The number of ether oxygens (including phenoxy) is 1. The SMILES string of the molecule is Cc1ccc(N)c(S(=O)CC2CCOCC2)c1. The Morgan fingerprint density at radius 2 is 2.12 bits per heavy atom. The van der Waals surface area contributed by atoms with Crippen molar-refractivity contribution >= 4 is 16.5 Å². The minimum atomic E-state index is -0.983. The summed E-state index contributed by atoms with van der Waals surface area (Å²) in [5, 5.41) is 0. The number of benzene rings is 1. The molecule has 1 atom stereocenters. The predicted molar refractivity (Wildman–Crippen MR) is 70.4 cm³/mol. The summed E-state index contributed by atoms with van der Waals surface area (Å²) >= 11 is 0. The number of hydrogen-bond acceptors (Lipinski definition) is 3. The summed E-state index contributed by atoms with van der Waals surface area (Å²) in [6, 6.07) is 5.72. The second-order valence-corrected chi connectivity index (χ2v) is 6.07. The van der Waals surface area contributed by atoms with Crippen molar-refractivity contribution in [2.45, 2.75) is 24.7 Å². The van der Waals surface area contributed by atoms with Crippen molar-refractivity contribution < 1.29 is 8.95 Å². The van der Waals surface area contributed by atoms with Crippen molar-refractivity contribution in [3.8, 4) is 0 Å². The molecule has 1 fully saturated rings. The lowest BCUT2D eigenvalue weighted by molar-refractivity contribution is 0.0725. The van der Waals surface area contributed by atoms with Gasteiger partial charge in [0.15, 0.2) is 0 Å². The van der Waals surface area contributed by atoms with E-state index in [1.54, 1.807) is 0 Å². The lowest BCUT2D eigenvalue weighted by atomic mass is 10.0. The third-order valence-electron chi connectivity index (χ3n) is 3.14. The number of aryl methyl sites for hydroxylation is 1. The molecule has 1 aromatic carbocycles. The van der Waals surface area contributed by atoms with E-state index in [1.165, 1.54) is 0 Å². The Morgan fingerprint density at radius 1 is 1.41 bits per heavy atom. The highest BCUT2D eigenvalue weighted by atomic mass is 32.2. The van der Waals surface area contributed by atoms with Crippen LogP contribution in [0, 0.1) is 12.8 Å². The van der Waals surface area contributed by atoms with Crippen molar-refractivity contribution in [1.29, 1.82) is 0 Å². The average molecular weight is 253 g/mol. The fraction of sp³-hybridized carbons (Fsp3) is 0.538. The summed E-state index contributed by atoms with van der Waals surface area (Å²) in [5.74, 6) is 1.21. The molecule has 0 spiro atoms. The second kappa shape index (κ2) is 5.65. The fourth-order valence-corrected chi connectivity index (χ4v) is 3.64. The molecule has 1 heterocycles. The molecule has 1 aliphatic heterocycles. The van der Waals surface area contributed by atoms with Gasteiger partial charge in [-0.2, -0.15) is 0 Å². The Labute approximate surface area is 105 Å². The first-order valence-electron chi connectivity index (χ1n) is 5.99. The molecule has 0 bridgehead atoms. The van der Waals surface area contributed by atoms with Crippen LogP contribution in [0.2, 0.25) is 0 Å². The third-order valence-corrected chi connectivity index (χ3v) is 4.76. The Balaban J connectivity index is 2.05. The molecule has 0 aromatic heterocycles. The highest BCUT2D eigenvalue weighted by Gasteiger charge is 2.18. The van der Waals surface area contributed by atoms with E-state index in [0.29, 0.717) is 17.4 Å². The number of nitrogen functional groups attached to an aromatic ring is 1. The van der Waals surface area contributed by atoms with E-state index in [1.807, 2.05) is 25.1 Å². The molecule has 0 aliphatic carbocycles. The maximum absolute atomic E-state index is 12.3. The van der Waals surface area contributed by atoms with Crippen LogP contribution in [-0.2, 0) is 15.5 Å². The molecule has 94 valence electrons. The first-order chi connectivity index (χ1) is 8.16. The molecule has 1 saturated heterocycles. The van der Waals surface area contributed by atoms with Crippen LogP contribution in [0.15, 0.2) is 23.1 Å². The van der Waals surface area contributed by atoms with Gasteiger partial charge in [-0.1, -0.05) is 6.07 Å². The Kier molecular flexibility index (Phi) is 4.18. The van der Waals surface area contributed by atoms with Gasteiger partial charge < -0.3 is 10.5 Å². The predicted octanol–water partition coefficient (Wildman–Crippen LogP) is 2.11. The molecule has 1 aromatic rings. The standard InChI is InChI=1S/C13H19NO2S/c1-10-2-3-12(14)13(8-10)17(15)9-11-4-6-16-7-5-11/h2-3,8,11H,4-7,9,14H2,1H3. The molecular weight excluding hydrogens is 234 g/mol. The van der Waals surface area contributed by atoms with Crippen molar-refractivity contribution in [3.05, 3.63) is 23.8 Å². The van der Waals surface area contributed by atoms with Crippen LogP contribution in [0.4, 0.5) is 5.69 Å². The zero-order valence-electron chi connectivity index (χ0n) is 10.1. The van der Waals surface area contributed by atoms with Gasteiger partial charge in [0, 0.05) is 24.7 Å². The van der Waals surface area contributed by atoms with Crippen LogP contribution >= 0.6 is 0 Å². The summed E-state index contributed by atoms with van der Waals surface area (Å²) in [6.07, 6.45) is 2.02. The van der Waals surface area contributed by atoms with Gasteiger partial charge in [-0.15, -0.1) is 0 Å². The van der Waals surface area contributed by atoms with Crippen LogP contribution in [-0.4, -0.2) is 23.2 Å². The average Bonchev–Trinajstić information content (AvgIpc) is 2.33. The molecule has 0 saturated carbocycles. The van der Waals surface area contributed by atoms with Gasteiger partial charge in [-0.3, -0.25) is 4.21 Å². The van der Waals surface area contributed by atoms with Gasteiger partial charge in [0.25, 0.3) is 0 Å². The minimum Gasteiger partial charge on any atom is -0.398 e. The van der Waals surface area contributed by atoms with E-state index in [9.17, 15) is 4.21 Å². The number of rotatable bonds is 3. The summed E-state index contributed by atoms with van der Waals surface area (Å²) in [6.45, 7) is 3.59. The molecule has 2 rings (SSSR count). The minimum absolute atomic E-state index is 0.504. The highest BCUT2D eigenvalue weighted by Crippen LogP contribution is 2.23. The number of nitrogens with two attached hydrogens (primary N) is 1. The van der Waals surface area contributed by atoms with Crippen LogP contribution < -0.4 is 5.73 Å². The van der Waals surface area contributed by atoms with Crippen molar-refractivity contribution in [3.63, 3.8) is 0 Å². The van der Waals surface area contributed by atoms with Gasteiger partial charge in [0.1, 0.15) is 0 Å². The zero-order valence-corrected chi connectivity index (χ0v) is 11.0. The van der Waals surface area contributed by atoms with Crippen molar-refractivity contribution in [1.82, 2.24) is 0 Å². The fourth-order valence-electron chi connectivity index (χ4n) is 2.06. The Hall–Kier alpha value is -0.870. The summed E-state index contributed by atoms with van der Waals surface area (Å²) in [4.78, 5) is 0.788. The van der Waals surface area contributed by atoms with Crippen molar-refractivity contribution in [2.24, 2.45) is 5.92 Å². The van der Waals surface area contributed by atoms with E-state index < -0.39 is 10.8 Å². The van der Waals surface area contributed by atoms with Crippen molar-refractivity contribution in [2.75, 3.05) is 24.7 Å². The molecular formula is C13H19NO2S. The van der Waals surface area contributed by atoms with Gasteiger partial charge in [-0.25, -0.2) is 0 Å².